The molecule has 0 N–H and O–H groups in total. The van der Waals surface area contributed by atoms with E-state index < -0.39 is 8.56 Å². The van der Waals surface area contributed by atoms with Gasteiger partial charge in [-0.2, -0.15) is 0 Å². The van der Waals surface area contributed by atoms with Crippen LogP contribution < -0.4 is 0 Å². The van der Waals surface area contributed by atoms with E-state index in [4.69, 9.17) is 8.85 Å². The number of hydrogen-bond acceptors (Lipinski definition) is 2. The lowest BCUT2D eigenvalue weighted by Crippen LogP contribution is -2.38. The van der Waals surface area contributed by atoms with Gasteiger partial charge in [0.1, 0.15) is 0 Å². The summed E-state index contributed by atoms with van der Waals surface area (Å²) < 4.78 is 12.3. The summed E-state index contributed by atoms with van der Waals surface area (Å²) in [6.07, 6.45) is 17.6. The topological polar surface area (TPSA) is 18.5 Å². The van der Waals surface area contributed by atoms with E-state index in [-0.39, 0.29) is 0 Å². The summed E-state index contributed by atoms with van der Waals surface area (Å²) >= 11 is 0. The van der Waals surface area contributed by atoms with E-state index in [1.807, 2.05) is 0 Å². The Kier molecular flexibility index (Phi) is 15.7. The predicted octanol–water partition coefficient (Wildman–Crippen LogP) is 7.22. The molecule has 0 radical (unpaired) electrons. The van der Waals surface area contributed by atoms with Crippen molar-refractivity contribution in [2.75, 3.05) is 6.61 Å². The summed E-state index contributed by atoms with van der Waals surface area (Å²) in [5.74, 6) is 0. The highest BCUT2D eigenvalue weighted by atomic mass is 28.4. The summed E-state index contributed by atoms with van der Waals surface area (Å²) in [6.45, 7) is 12.0. The van der Waals surface area contributed by atoms with Crippen molar-refractivity contribution in [3.63, 3.8) is 0 Å². The minimum absolute atomic E-state index is 0.354. The molecule has 0 rings (SSSR count). The Labute approximate surface area is 148 Å². The Hall–Kier alpha value is 0.137. The molecule has 0 aromatic carbocycles. The van der Waals surface area contributed by atoms with Crippen LogP contribution in [0, 0.1) is 0 Å². The van der Waals surface area contributed by atoms with Crippen molar-refractivity contribution in [3.05, 3.63) is 0 Å². The lowest BCUT2D eigenvalue weighted by Gasteiger charge is -2.27. The van der Waals surface area contributed by atoms with E-state index in [1.54, 1.807) is 0 Å². The van der Waals surface area contributed by atoms with Gasteiger partial charge in [0.05, 0.1) is 0 Å². The molecule has 0 aliphatic heterocycles. The van der Waals surface area contributed by atoms with E-state index in [0.29, 0.717) is 6.10 Å². The van der Waals surface area contributed by atoms with E-state index in [9.17, 15) is 0 Å². The fourth-order valence-corrected chi connectivity index (χ4v) is 4.78. The highest BCUT2D eigenvalue weighted by Gasteiger charge is 2.26. The van der Waals surface area contributed by atoms with Gasteiger partial charge in [-0.25, -0.2) is 0 Å². The van der Waals surface area contributed by atoms with Crippen LogP contribution in [0.15, 0.2) is 0 Å². The first-order valence-electron chi connectivity index (χ1n) is 10.3. The van der Waals surface area contributed by atoms with E-state index >= 15 is 0 Å². The average molecular weight is 345 g/mol. The highest BCUT2D eigenvalue weighted by molar-refractivity contribution is 6.64. The fraction of sp³-hybridized carbons (Fsp3) is 1.00. The Balaban J connectivity index is 3.52. The maximum absolute atomic E-state index is 6.21. The van der Waals surface area contributed by atoms with Gasteiger partial charge < -0.3 is 8.85 Å². The first-order chi connectivity index (χ1) is 11.0. The molecule has 0 heterocycles. The monoisotopic (exact) mass is 344 g/mol. The van der Waals surface area contributed by atoms with Crippen molar-refractivity contribution in [3.8, 4) is 0 Å². The van der Waals surface area contributed by atoms with Gasteiger partial charge in [-0.05, 0) is 32.9 Å². The van der Waals surface area contributed by atoms with Crippen molar-refractivity contribution in [1.82, 2.24) is 0 Å². The summed E-state index contributed by atoms with van der Waals surface area (Å²) in [5.41, 5.74) is 0. The van der Waals surface area contributed by atoms with Gasteiger partial charge in [-0.15, -0.1) is 0 Å². The molecule has 0 aliphatic rings. The second-order valence-corrected chi connectivity index (χ2v) is 10.8. The quantitative estimate of drug-likeness (QED) is 0.205. The largest absolute Gasteiger partial charge is 0.395 e. The molecule has 2 nitrogen and oxygen atoms in total. The molecule has 23 heavy (non-hydrogen) atoms. The summed E-state index contributed by atoms with van der Waals surface area (Å²) in [4.78, 5) is 0. The molecule has 0 saturated heterocycles. The molecule has 0 bridgehead atoms. The van der Waals surface area contributed by atoms with Crippen molar-refractivity contribution < 1.29 is 8.85 Å². The van der Waals surface area contributed by atoms with E-state index in [2.05, 4.69) is 33.9 Å². The molecule has 0 aromatic heterocycles. The standard InChI is InChI=1S/C20H44O2Si/c1-6-8-10-12-13-14-15-17-19-21-23(4,5)22-20(3)18-16-11-9-7-2/h20H,6-19H2,1-5H3. The third-order valence-corrected chi connectivity index (χ3v) is 6.27. The Morgan fingerprint density at radius 3 is 1.74 bits per heavy atom. The molecule has 0 aromatic rings. The molecular formula is C20H44O2Si. The zero-order chi connectivity index (χ0) is 17.4. The maximum Gasteiger partial charge on any atom is 0.331 e. The second-order valence-electron chi connectivity index (χ2n) is 7.50. The van der Waals surface area contributed by atoms with Crippen LogP contribution >= 0.6 is 0 Å². The number of rotatable bonds is 17. The van der Waals surface area contributed by atoms with Gasteiger partial charge in [-0.3, -0.25) is 0 Å². The third-order valence-electron chi connectivity index (χ3n) is 4.40. The molecule has 0 aliphatic carbocycles. The maximum atomic E-state index is 6.21. The molecule has 0 saturated carbocycles. The average Bonchev–Trinajstić information content (AvgIpc) is 2.49. The molecule has 3 heteroatoms. The molecular weight excluding hydrogens is 300 g/mol. The van der Waals surface area contributed by atoms with Crippen LogP contribution in [-0.2, 0) is 8.85 Å². The predicted molar refractivity (Wildman–Crippen MR) is 105 cm³/mol. The van der Waals surface area contributed by atoms with Crippen molar-refractivity contribution >= 4 is 8.56 Å². The second kappa shape index (κ2) is 15.7. The van der Waals surface area contributed by atoms with Crippen LogP contribution in [-0.4, -0.2) is 21.3 Å². The summed E-state index contributed by atoms with van der Waals surface area (Å²) in [5, 5.41) is 0. The van der Waals surface area contributed by atoms with Crippen molar-refractivity contribution in [2.24, 2.45) is 0 Å². The third kappa shape index (κ3) is 16.8. The van der Waals surface area contributed by atoms with Gasteiger partial charge >= 0.3 is 8.56 Å². The van der Waals surface area contributed by atoms with Gasteiger partial charge in [0, 0.05) is 12.7 Å². The van der Waals surface area contributed by atoms with Crippen molar-refractivity contribution in [2.45, 2.75) is 123 Å². The molecule has 140 valence electrons. The highest BCUT2D eigenvalue weighted by Crippen LogP contribution is 2.16. The fourth-order valence-electron chi connectivity index (χ4n) is 2.99. The van der Waals surface area contributed by atoms with Gasteiger partial charge in [-0.1, -0.05) is 84.5 Å². The van der Waals surface area contributed by atoms with Crippen LogP contribution in [0.2, 0.25) is 13.1 Å². The lowest BCUT2D eigenvalue weighted by molar-refractivity contribution is 0.122. The summed E-state index contributed by atoms with van der Waals surface area (Å²) in [7, 11) is -1.92. The Bertz CT molecular complexity index is 244. The summed E-state index contributed by atoms with van der Waals surface area (Å²) in [6, 6.07) is 0. The van der Waals surface area contributed by atoms with Crippen LogP contribution in [0.25, 0.3) is 0 Å². The first-order valence-corrected chi connectivity index (χ1v) is 13.1. The zero-order valence-corrected chi connectivity index (χ0v) is 17.8. The molecule has 1 atom stereocenters. The van der Waals surface area contributed by atoms with Crippen LogP contribution in [0.5, 0.6) is 0 Å². The van der Waals surface area contributed by atoms with Crippen LogP contribution in [0.3, 0.4) is 0 Å². The first kappa shape index (κ1) is 23.1. The minimum Gasteiger partial charge on any atom is -0.395 e. The van der Waals surface area contributed by atoms with E-state index in [0.717, 1.165) is 6.61 Å². The Morgan fingerprint density at radius 1 is 0.696 bits per heavy atom. The van der Waals surface area contributed by atoms with Crippen molar-refractivity contribution in [1.29, 1.82) is 0 Å². The SMILES string of the molecule is CCCCCCCCCCO[Si](C)(C)OC(C)CCCCCC. The zero-order valence-electron chi connectivity index (χ0n) is 16.8. The van der Waals surface area contributed by atoms with Crippen LogP contribution in [0.4, 0.5) is 0 Å². The smallest absolute Gasteiger partial charge is 0.331 e. The van der Waals surface area contributed by atoms with Gasteiger partial charge in [0.15, 0.2) is 0 Å². The van der Waals surface area contributed by atoms with E-state index in [1.165, 1.54) is 83.5 Å². The molecule has 0 amide bonds. The van der Waals surface area contributed by atoms with Crippen LogP contribution in [0.1, 0.15) is 104 Å². The normalized spacial score (nSPS) is 13.4. The lowest BCUT2D eigenvalue weighted by atomic mass is 10.1. The molecule has 1 unspecified atom stereocenters. The van der Waals surface area contributed by atoms with Gasteiger partial charge in [0.2, 0.25) is 0 Å². The van der Waals surface area contributed by atoms with Gasteiger partial charge in [0.25, 0.3) is 0 Å². The Morgan fingerprint density at radius 2 is 1.17 bits per heavy atom. The molecule has 0 fully saturated rings. The minimum atomic E-state index is -1.92. The number of hydrogen-bond donors (Lipinski definition) is 0. The molecule has 0 spiro atoms. The number of unbranched alkanes of at least 4 members (excludes halogenated alkanes) is 10.